The first kappa shape index (κ1) is 23.0. The highest BCUT2D eigenvalue weighted by Gasteiger charge is 2.39. The summed E-state index contributed by atoms with van der Waals surface area (Å²) in [6.45, 7) is 7.88. The minimum absolute atomic E-state index is 0.108. The molecule has 2 atom stereocenters. The van der Waals surface area contributed by atoms with E-state index in [1.807, 2.05) is 0 Å². The summed E-state index contributed by atoms with van der Waals surface area (Å²) in [6.07, 6.45) is -3.47. The molecule has 0 aliphatic rings. The van der Waals surface area contributed by atoms with E-state index in [1.54, 1.807) is 34.6 Å². The fourth-order valence-corrected chi connectivity index (χ4v) is 2.09. The second-order valence-corrected chi connectivity index (χ2v) is 6.18. The van der Waals surface area contributed by atoms with Gasteiger partial charge in [0.15, 0.2) is 20.6 Å². The highest BCUT2D eigenvalue weighted by molar-refractivity contribution is 7.17. The third-order valence-electron chi connectivity index (χ3n) is 2.54. The van der Waals surface area contributed by atoms with Crippen LogP contribution in [-0.2, 0) is 28.1 Å². The van der Waals surface area contributed by atoms with E-state index in [1.165, 1.54) is 0 Å². The van der Waals surface area contributed by atoms with Gasteiger partial charge in [-0.25, -0.2) is 9.18 Å². The highest BCUT2D eigenvalue weighted by Crippen LogP contribution is 2.28. The van der Waals surface area contributed by atoms with Crippen molar-refractivity contribution >= 4 is 20.6 Å². The second-order valence-electron chi connectivity index (χ2n) is 5.76. The molecular weight excluding hydrogens is 344 g/mol. The lowest BCUT2D eigenvalue weighted by Gasteiger charge is -2.31. The maximum Gasteiger partial charge on any atom is 0.408 e. The average Bonchev–Trinajstić information content (AvgIpc) is 2.43. The maximum absolute atomic E-state index is 14.2. The van der Waals surface area contributed by atoms with Crippen LogP contribution in [0.2, 0.25) is 0 Å². The van der Waals surface area contributed by atoms with Crippen LogP contribution >= 0.6 is 8.69 Å². The normalized spacial score (nSPS) is 13.9. The number of ketones is 1. The van der Waals surface area contributed by atoms with Crippen molar-refractivity contribution < 1.29 is 37.3 Å². The van der Waals surface area contributed by atoms with Crippen LogP contribution in [0.4, 0.5) is 9.18 Å². The standard InChI is InChI=1S/C14H27FNO7P/c1-6-20-14(21-7-2,23-24-19)8-10(15)11(17)9-16-12(18)22-13(3,4)5/h10H,6-9,24H2,1-5H3,(H,16,18). The van der Waals surface area contributed by atoms with E-state index < -0.39 is 51.3 Å². The number of carbonyl (C=O) groups excluding carboxylic acids is 2. The zero-order valence-electron chi connectivity index (χ0n) is 14.7. The fraction of sp³-hybridized carbons (Fsp3) is 0.857. The highest BCUT2D eigenvalue weighted by atomic mass is 31.1. The molecule has 0 spiro atoms. The number of carbonyl (C=O) groups is 2. The predicted octanol–water partition coefficient (Wildman–Crippen LogP) is 2.22. The lowest BCUT2D eigenvalue weighted by molar-refractivity contribution is -0.344. The summed E-state index contributed by atoms with van der Waals surface area (Å²) in [7, 11) is -1.73. The second kappa shape index (κ2) is 10.8. The third-order valence-corrected chi connectivity index (χ3v) is 3.00. The molecule has 2 unspecified atom stereocenters. The largest absolute Gasteiger partial charge is 0.444 e. The van der Waals surface area contributed by atoms with Gasteiger partial charge in [-0.2, -0.15) is 0 Å². The first-order valence-electron chi connectivity index (χ1n) is 7.62. The van der Waals surface area contributed by atoms with Gasteiger partial charge in [0.2, 0.25) is 0 Å². The number of hydrogen-bond acceptors (Lipinski definition) is 7. The Morgan fingerprint density at radius 3 is 2.12 bits per heavy atom. The van der Waals surface area contributed by atoms with Gasteiger partial charge < -0.3 is 19.5 Å². The first-order valence-corrected chi connectivity index (χ1v) is 8.56. The summed E-state index contributed by atoms with van der Waals surface area (Å²) < 4.78 is 45.2. The van der Waals surface area contributed by atoms with Gasteiger partial charge in [0.05, 0.1) is 13.0 Å². The summed E-state index contributed by atoms with van der Waals surface area (Å²) in [4.78, 5) is 23.3. The summed E-state index contributed by atoms with van der Waals surface area (Å²) in [5, 5.41) is 2.17. The van der Waals surface area contributed by atoms with Crippen LogP contribution in [0.1, 0.15) is 41.0 Å². The van der Waals surface area contributed by atoms with Crippen LogP contribution < -0.4 is 5.32 Å². The van der Waals surface area contributed by atoms with Crippen LogP contribution in [0.25, 0.3) is 0 Å². The lowest BCUT2D eigenvalue weighted by atomic mass is 10.1. The molecule has 0 aliphatic heterocycles. The van der Waals surface area contributed by atoms with Gasteiger partial charge >= 0.3 is 6.09 Å². The number of amides is 1. The Labute approximate surface area is 142 Å². The summed E-state index contributed by atoms with van der Waals surface area (Å²) in [6, 6.07) is 0. The van der Waals surface area contributed by atoms with E-state index in [2.05, 4.69) is 5.32 Å². The number of halogens is 1. The summed E-state index contributed by atoms with van der Waals surface area (Å²) >= 11 is 0. The molecule has 0 saturated carbocycles. The van der Waals surface area contributed by atoms with Gasteiger partial charge in [0, 0.05) is 13.2 Å². The quantitative estimate of drug-likeness (QED) is 0.439. The Bertz CT molecular complexity index is 422. The Morgan fingerprint density at radius 1 is 1.17 bits per heavy atom. The van der Waals surface area contributed by atoms with E-state index in [-0.39, 0.29) is 13.2 Å². The smallest absolute Gasteiger partial charge is 0.408 e. The predicted molar refractivity (Wildman–Crippen MR) is 86.2 cm³/mol. The van der Waals surface area contributed by atoms with Gasteiger partial charge in [-0.3, -0.25) is 13.9 Å². The zero-order valence-corrected chi connectivity index (χ0v) is 15.9. The molecule has 10 heteroatoms. The molecule has 0 rings (SSSR count). The minimum atomic E-state index is -2.04. The van der Waals surface area contributed by atoms with Crippen LogP contribution in [0.3, 0.4) is 0 Å². The van der Waals surface area contributed by atoms with Crippen molar-refractivity contribution in [2.45, 2.75) is 58.8 Å². The molecule has 0 aromatic carbocycles. The van der Waals surface area contributed by atoms with E-state index in [0.717, 1.165) is 0 Å². The van der Waals surface area contributed by atoms with Gasteiger partial charge in [-0.15, -0.1) is 0 Å². The van der Waals surface area contributed by atoms with Gasteiger partial charge in [-0.05, 0) is 34.6 Å². The van der Waals surface area contributed by atoms with E-state index in [0.29, 0.717) is 0 Å². The molecule has 0 radical (unpaired) electrons. The third kappa shape index (κ3) is 9.32. The lowest BCUT2D eigenvalue weighted by Crippen LogP contribution is -2.44. The van der Waals surface area contributed by atoms with Crippen molar-refractivity contribution in [1.29, 1.82) is 0 Å². The van der Waals surface area contributed by atoms with Crippen molar-refractivity contribution in [3.8, 4) is 0 Å². The molecule has 0 bridgehead atoms. The zero-order chi connectivity index (χ0) is 18.8. The molecule has 0 fully saturated rings. The number of rotatable bonds is 11. The SMILES string of the molecule is CCOC(CC(F)C(=O)CNC(=O)OC(C)(C)C)(OCC)O[PH2]=O. The average molecular weight is 371 g/mol. The van der Waals surface area contributed by atoms with Crippen molar-refractivity contribution in [1.82, 2.24) is 5.32 Å². The molecule has 0 saturated heterocycles. The number of ether oxygens (including phenoxy) is 3. The van der Waals surface area contributed by atoms with E-state index in [4.69, 9.17) is 18.7 Å². The molecule has 0 aliphatic carbocycles. The Hall–Kier alpha value is -1.02. The number of alkyl halides is 1. The van der Waals surface area contributed by atoms with Crippen LogP contribution in [0.15, 0.2) is 0 Å². The van der Waals surface area contributed by atoms with Crippen LogP contribution in [0.5, 0.6) is 0 Å². The van der Waals surface area contributed by atoms with Crippen molar-refractivity contribution in [3.63, 3.8) is 0 Å². The number of nitrogens with one attached hydrogen (secondary N) is 1. The van der Waals surface area contributed by atoms with Crippen LogP contribution in [-0.4, -0.2) is 49.4 Å². The topological polar surface area (TPSA) is 100 Å². The van der Waals surface area contributed by atoms with Crippen molar-refractivity contribution in [3.05, 3.63) is 0 Å². The number of Topliss-reactive ketones (excluding diaryl/α,β-unsaturated/α-hetero) is 1. The molecule has 142 valence electrons. The fourth-order valence-electron chi connectivity index (χ4n) is 1.71. The number of hydrogen-bond donors (Lipinski definition) is 1. The number of alkyl carbamates (subject to hydrolysis) is 1. The van der Waals surface area contributed by atoms with Gasteiger partial charge in [-0.1, -0.05) is 0 Å². The van der Waals surface area contributed by atoms with E-state index in [9.17, 15) is 18.5 Å². The van der Waals surface area contributed by atoms with Crippen molar-refractivity contribution in [2.24, 2.45) is 0 Å². The maximum atomic E-state index is 14.2. The van der Waals surface area contributed by atoms with Crippen molar-refractivity contribution in [2.75, 3.05) is 19.8 Å². The molecule has 1 N–H and O–H groups in total. The van der Waals surface area contributed by atoms with E-state index >= 15 is 0 Å². The monoisotopic (exact) mass is 371 g/mol. The Balaban J connectivity index is 4.68. The Kier molecular flexibility index (Phi) is 10.3. The molecule has 0 heterocycles. The Morgan fingerprint density at radius 2 is 1.71 bits per heavy atom. The molecule has 0 aromatic rings. The van der Waals surface area contributed by atoms with Gasteiger partial charge in [0.25, 0.3) is 5.97 Å². The molecule has 0 aromatic heterocycles. The molecular formula is C14H27FNO7P. The molecule has 24 heavy (non-hydrogen) atoms. The molecule has 1 amide bonds. The first-order chi connectivity index (χ1) is 11.1. The van der Waals surface area contributed by atoms with Gasteiger partial charge in [0.1, 0.15) is 5.60 Å². The molecule has 8 nitrogen and oxygen atoms in total. The van der Waals surface area contributed by atoms with Crippen LogP contribution in [0, 0.1) is 0 Å². The summed E-state index contributed by atoms with van der Waals surface area (Å²) in [5.74, 6) is -2.80. The minimum Gasteiger partial charge on any atom is -0.444 e. The summed E-state index contributed by atoms with van der Waals surface area (Å²) in [5.41, 5.74) is -0.730.